The van der Waals surface area contributed by atoms with E-state index in [1.807, 2.05) is 36.4 Å². The second-order valence-corrected chi connectivity index (χ2v) is 4.09. The van der Waals surface area contributed by atoms with Crippen LogP contribution in [0.2, 0.25) is 0 Å². The number of nitrogens with two attached hydrogens (primary N) is 1. The molecule has 2 N–H and O–H groups in total. The van der Waals surface area contributed by atoms with E-state index in [0.717, 1.165) is 15.9 Å². The maximum atomic E-state index is 10.6. The molecule has 0 saturated carbocycles. The highest BCUT2D eigenvalue weighted by Crippen LogP contribution is 2.19. The molecule has 76 valence electrons. The van der Waals surface area contributed by atoms with Crippen LogP contribution in [0, 0.1) is 0 Å². The third-order valence-electron chi connectivity index (χ3n) is 1.94. The molecule has 3 nitrogen and oxygen atoms in total. The Kier molecular flexibility index (Phi) is 2.87. The van der Waals surface area contributed by atoms with Crippen LogP contribution in [0.25, 0.3) is 10.9 Å². The Morgan fingerprint density at radius 2 is 2.07 bits per heavy atom. The van der Waals surface area contributed by atoms with Gasteiger partial charge in [0.25, 0.3) is 0 Å². The number of nitrogens with zero attached hydrogens (tertiary/aromatic N) is 1. The SMILES string of the molecule is NC(=O)CSc1ccc2ccccc2n1. The Balaban J connectivity index is 2.26. The molecular formula is C11H10N2OS. The average molecular weight is 218 g/mol. The van der Waals surface area contributed by atoms with Gasteiger partial charge in [-0.15, -0.1) is 0 Å². The van der Waals surface area contributed by atoms with Crippen molar-refractivity contribution in [1.82, 2.24) is 4.98 Å². The van der Waals surface area contributed by atoms with Crippen LogP contribution in [0.5, 0.6) is 0 Å². The van der Waals surface area contributed by atoms with Crippen molar-refractivity contribution in [3.8, 4) is 0 Å². The van der Waals surface area contributed by atoms with Gasteiger partial charge in [-0.25, -0.2) is 4.98 Å². The van der Waals surface area contributed by atoms with Crippen molar-refractivity contribution >= 4 is 28.6 Å². The van der Waals surface area contributed by atoms with E-state index in [-0.39, 0.29) is 11.7 Å². The molecule has 2 rings (SSSR count). The third-order valence-corrected chi connectivity index (χ3v) is 2.89. The predicted molar refractivity (Wildman–Crippen MR) is 61.7 cm³/mol. The number of para-hydroxylation sites is 1. The fourth-order valence-corrected chi connectivity index (χ4v) is 1.89. The smallest absolute Gasteiger partial charge is 0.227 e. The number of fused-ring (bicyclic) bond motifs is 1. The van der Waals surface area contributed by atoms with Crippen LogP contribution < -0.4 is 5.73 Å². The van der Waals surface area contributed by atoms with Crippen LogP contribution in [0.3, 0.4) is 0 Å². The summed E-state index contributed by atoms with van der Waals surface area (Å²) < 4.78 is 0. The van der Waals surface area contributed by atoms with Crippen molar-refractivity contribution in [3.63, 3.8) is 0 Å². The number of pyridine rings is 1. The first-order valence-corrected chi connectivity index (χ1v) is 5.51. The van der Waals surface area contributed by atoms with Gasteiger partial charge in [0.2, 0.25) is 5.91 Å². The number of aromatic nitrogens is 1. The molecule has 0 aliphatic rings. The first-order chi connectivity index (χ1) is 7.25. The minimum absolute atomic E-state index is 0.269. The number of primary amides is 1. The highest BCUT2D eigenvalue weighted by molar-refractivity contribution is 7.99. The van der Waals surface area contributed by atoms with Crippen molar-refractivity contribution in [2.24, 2.45) is 5.73 Å². The van der Waals surface area contributed by atoms with Gasteiger partial charge < -0.3 is 5.73 Å². The van der Waals surface area contributed by atoms with Crippen molar-refractivity contribution in [2.45, 2.75) is 5.03 Å². The molecule has 0 saturated heterocycles. The van der Waals surface area contributed by atoms with Crippen LogP contribution in [0.4, 0.5) is 0 Å². The molecule has 4 heteroatoms. The van der Waals surface area contributed by atoms with Crippen molar-refractivity contribution in [1.29, 1.82) is 0 Å². The summed E-state index contributed by atoms with van der Waals surface area (Å²) in [5.74, 6) is -0.0549. The molecule has 0 atom stereocenters. The topological polar surface area (TPSA) is 56.0 Å². The number of carbonyl (C=O) groups excluding carboxylic acids is 1. The summed E-state index contributed by atoms with van der Waals surface area (Å²) in [5.41, 5.74) is 6.00. The number of hydrogen-bond acceptors (Lipinski definition) is 3. The minimum atomic E-state index is -0.324. The van der Waals surface area contributed by atoms with Gasteiger partial charge in [-0.3, -0.25) is 4.79 Å². The molecule has 2 aromatic rings. The highest BCUT2D eigenvalue weighted by atomic mass is 32.2. The number of amides is 1. The Labute approximate surface area is 91.7 Å². The lowest BCUT2D eigenvalue weighted by Gasteiger charge is -2.00. The first kappa shape index (κ1) is 9.98. The van der Waals surface area contributed by atoms with E-state index in [4.69, 9.17) is 5.73 Å². The lowest BCUT2D eigenvalue weighted by atomic mass is 10.2. The lowest BCUT2D eigenvalue weighted by Crippen LogP contribution is -2.13. The zero-order chi connectivity index (χ0) is 10.7. The van der Waals surface area contributed by atoms with E-state index in [1.165, 1.54) is 11.8 Å². The molecule has 0 unspecified atom stereocenters. The summed E-state index contributed by atoms with van der Waals surface area (Å²) in [5, 5.41) is 1.92. The zero-order valence-electron chi connectivity index (χ0n) is 8.01. The summed E-state index contributed by atoms with van der Waals surface area (Å²) in [7, 11) is 0. The molecule has 0 aliphatic carbocycles. The second-order valence-electron chi connectivity index (χ2n) is 3.10. The molecule has 1 aromatic heterocycles. The molecule has 0 aliphatic heterocycles. The summed E-state index contributed by atoms with van der Waals surface area (Å²) in [4.78, 5) is 15.0. The summed E-state index contributed by atoms with van der Waals surface area (Å²) in [6, 6.07) is 11.8. The van der Waals surface area contributed by atoms with Gasteiger partial charge in [0.1, 0.15) is 0 Å². The monoisotopic (exact) mass is 218 g/mol. The van der Waals surface area contributed by atoms with E-state index < -0.39 is 0 Å². The molecular weight excluding hydrogens is 208 g/mol. The van der Waals surface area contributed by atoms with Crippen LogP contribution in [-0.2, 0) is 4.79 Å². The minimum Gasteiger partial charge on any atom is -0.369 e. The molecule has 1 aromatic carbocycles. The quantitative estimate of drug-likeness (QED) is 0.799. The number of hydrogen-bond donors (Lipinski definition) is 1. The van der Waals surface area contributed by atoms with Gasteiger partial charge in [-0.1, -0.05) is 36.0 Å². The van der Waals surface area contributed by atoms with E-state index >= 15 is 0 Å². The Hall–Kier alpha value is -1.55. The van der Waals surface area contributed by atoms with E-state index in [9.17, 15) is 4.79 Å². The fourth-order valence-electron chi connectivity index (χ4n) is 1.27. The molecule has 0 radical (unpaired) electrons. The van der Waals surface area contributed by atoms with Gasteiger partial charge in [-0.05, 0) is 12.1 Å². The zero-order valence-corrected chi connectivity index (χ0v) is 8.83. The van der Waals surface area contributed by atoms with Crippen molar-refractivity contribution < 1.29 is 4.79 Å². The van der Waals surface area contributed by atoms with Crippen LogP contribution in [-0.4, -0.2) is 16.6 Å². The van der Waals surface area contributed by atoms with Crippen molar-refractivity contribution in [2.75, 3.05) is 5.75 Å². The number of benzene rings is 1. The maximum Gasteiger partial charge on any atom is 0.227 e. The molecule has 1 heterocycles. The highest BCUT2D eigenvalue weighted by Gasteiger charge is 2.00. The Morgan fingerprint density at radius 1 is 1.27 bits per heavy atom. The third kappa shape index (κ3) is 2.47. The lowest BCUT2D eigenvalue weighted by molar-refractivity contribution is -0.115. The first-order valence-electron chi connectivity index (χ1n) is 4.52. The Bertz CT molecular complexity index is 499. The molecule has 0 bridgehead atoms. The van der Waals surface area contributed by atoms with Crippen molar-refractivity contribution in [3.05, 3.63) is 36.4 Å². The normalized spacial score (nSPS) is 10.4. The number of thioether (sulfide) groups is 1. The standard InChI is InChI=1S/C11H10N2OS/c12-10(14)7-15-11-6-5-8-3-1-2-4-9(8)13-11/h1-6H,7H2,(H2,12,14). The second kappa shape index (κ2) is 4.31. The van der Waals surface area contributed by atoms with Crippen LogP contribution >= 0.6 is 11.8 Å². The summed E-state index contributed by atoms with van der Waals surface area (Å²) >= 11 is 1.36. The molecule has 0 fully saturated rings. The maximum absolute atomic E-state index is 10.6. The molecule has 0 spiro atoms. The average Bonchev–Trinajstić information content (AvgIpc) is 2.26. The summed E-state index contributed by atoms with van der Waals surface area (Å²) in [6.45, 7) is 0. The van der Waals surface area contributed by atoms with Gasteiger partial charge in [0.15, 0.2) is 0 Å². The number of carbonyl (C=O) groups is 1. The number of rotatable bonds is 3. The molecule has 15 heavy (non-hydrogen) atoms. The van der Waals surface area contributed by atoms with Gasteiger partial charge >= 0.3 is 0 Å². The van der Waals surface area contributed by atoms with E-state index in [0.29, 0.717) is 0 Å². The van der Waals surface area contributed by atoms with E-state index in [2.05, 4.69) is 4.98 Å². The largest absolute Gasteiger partial charge is 0.369 e. The summed E-state index contributed by atoms with van der Waals surface area (Å²) in [6.07, 6.45) is 0. The van der Waals surface area contributed by atoms with Crippen LogP contribution in [0.1, 0.15) is 0 Å². The predicted octanol–water partition coefficient (Wildman–Crippen LogP) is 1.81. The van der Waals surface area contributed by atoms with Gasteiger partial charge in [-0.2, -0.15) is 0 Å². The molecule has 1 amide bonds. The van der Waals surface area contributed by atoms with Gasteiger partial charge in [0, 0.05) is 5.39 Å². The Morgan fingerprint density at radius 3 is 2.87 bits per heavy atom. The fraction of sp³-hybridized carbons (Fsp3) is 0.0909. The van der Waals surface area contributed by atoms with Gasteiger partial charge in [0.05, 0.1) is 16.3 Å². The van der Waals surface area contributed by atoms with E-state index in [1.54, 1.807) is 0 Å². The van der Waals surface area contributed by atoms with Crippen LogP contribution in [0.15, 0.2) is 41.4 Å².